The molecule has 0 aromatic carbocycles. The summed E-state index contributed by atoms with van der Waals surface area (Å²) in [5.74, 6) is 3.72. The lowest BCUT2D eigenvalue weighted by Gasteiger charge is -2.09. The molecule has 6 heteroatoms. The van der Waals surface area contributed by atoms with Crippen LogP contribution < -0.4 is 5.73 Å². The number of unbranched alkanes of at least 4 members (excludes halogenated alkanes) is 1. The Morgan fingerprint density at radius 3 is 2.83 bits per heavy atom. The number of hydrogen-bond acceptors (Lipinski definition) is 5. The van der Waals surface area contributed by atoms with Crippen molar-refractivity contribution in [3.05, 3.63) is 41.6 Å². The van der Waals surface area contributed by atoms with Crippen LogP contribution in [0.5, 0.6) is 0 Å². The number of allylic oxidation sites excluding steroid dienone is 3. The number of hydrogen-bond donors (Lipinski definition) is 1. The Morgan fingerprint density at radius 1 is 1.42 bits per heavy atom. The first kappa shape index (κ1) is 17.8. The second kappa shape index (κ2) is 7.84. The Bertz CT molecular complexity index is 809. The van der Waals surface area contributed by atoms with Gasteiger partial charge < -0.3 is 10.3 Å². The van der Waals surface area contributed by atoms with E-state index in [1.165, 1.54) is 11.8 Å². The molecule has 2 rings (SSSR count). The molecule has 124 valence electrons. The molecule has 2 N–H and O–H groups in total. The first-order valence-electron chi connectivity index (χ1n) is 7.55. The maximum atomic E-state index is 5.94. The largest absolute Gasteiger partial charge is 0.382 e. The molecule has 0 fully saturated rings. The fourth-order valence-electron chi connectivity index (χ4n) is 2.14. The zero-order valence-electron chi connectivity index (χ0n) is 14.0. The molecule has 0 radical (unpaired) electrons. The Hall–Kier alpha value is -2.52. The van der Waals surface area contributed by atoms with Crippen LogP contribution in [0.3, 0.4) is 0 Å². The maximum Gasteiger partial charge on any atom is 0.195 e. The molecule has 0 unspecified atom stereocenters. The lowest BCUT2D eigenvalue weighted by molar-refractivity contribution is 0.638. The average Bonchev–Trinajstić information content (AvgIpc) is 2.93. The van der Waals surface area contributed by atoms with Crippen molar-refractivity contribution in [1.29, 1.82) is 0 Å². The van der Waals surface area contributed by atoms with Gasteiger partial charge in [0, 0.05) is 17.9 Å². The monoisotopic (exact) mass is 339 g/mol. The fourth-order valence-corrected chi connectivity index (χ4v) is 2.84. The lowest BCUT2D eigenvalue weighted by Crippen LogP contribution is -2.08. The first-order chi connectivity index (χ1) is 11.4. The van der Waals surface area contributed by atoms with E-state index in [-0.39, 0.29) is 0 Å². The van der Waals surface area contributed by atoms with E-state index in [4.69, 9.17) is 12.2 Å². The van der Waals surface area contributed by atoms with Crippen molar-refractivity contribution in [1.82, 2.24) is 19.5 Å². The smallest absolute Gasteiger partial charge is 0.195 e. The van der Waals surface area contributed by atoms with E-state index in [0.29, 0.717) is 23.1 Å². The molecular weight excluding hydrogens is 318 g/mol. The number of nitrogen functional groups attached to an aromatic ring is 1. The van der Waals surface area contributed by atoms with Crippen LogP contribution in [0.2, 0.25) is 0 Å². The zero-order valence-corrected chi connectivity index (χ0v) is 14.9. The van der Waals surface area contributed by atoms with Gasteiger partial charge in [0.2, 0.25) is 0 Å². The molecule has 24 heavy (non-hydrogen) atoms. The predicted octanol–water partition coefficient (Wildman–Crippen LogP) is 3.90. The van der Waals surface area contributed by atoms with Crippen LogP contribution in [-0.4, -0.2) is 19.5 Å². The van der Waals surface area contributed by atoms with Gasteiger partial charge in [-0.15, -0.1) is 12.3 Å². The summed E-state index contributed by atoms with van der Waals surface area (Å²) in [4.78, 5) is 14.1. The van der Waals surface area contributed by atoms with Crippen LogP contribution in [0, 0.1) is 12.3 Å². The van der Waals surface area contributed by atoms with E-state index >= 15 is 0 Å². The highest BCUT2D eigenvalue weighted by atomic mass is 32.2. The number of thioether (sulfide) groups is 1. The van der Waals surface area contributed by atoms with E-state index in [1.54, 1.807) is 6.33 Å². The zero-order chi connectivity index (χ0) is 17.7. The number of fused-ring (bicyclic) bond motifs is 1. The van der Waals surface area contributed by atoms with Gasteiger partial charge in [-0.3, -0.25) is 0 Å². The van der Waals surface area contributed by atoms with Crippen molar-refractivity contribution >= 4 is 17.6 Å². The van der Waals surface area contributed by atoms with Crippen LogP contribution in [0.15, 0.2) is 46.8 Å². The molecular formula is C18H21N5S. The Kier molecular flexibility index (Phi) is 5.83. The van der Waals surface area contributed by atoms with E-state index in [0.717, 1.165) is 34.8 Å². The molecule has 0 aromatic rings. The Morgan fingerprint density at radius 2 is 2.17 bits per heavy atom. The number of anilines is 1. The highest BCUT2D eigenvalue weighted by molar-refractivity contribution is 8.03. The van der Waals surface area contributed by atoms with Gasteiger partial charge in [-0.25, -0.2) is 15.0 Å². The Labute approximate surface area is 147 Å². The number of terminal acetylenes is 1. The SMILES string of the molecule is C#CCCCn1cnc(N)c2nc(SC(=C)/C(C)=C\C(=C)C)nc1-2. The summed E-state index contributed by atoms with van der Waals surface area (Å²) in [6, 6.07) is 0. The predicted molar refractivity (Wildman–Crippen MR) is 100 cm³/mol. The molecule has 5 nitrogen and oxygen atoms in total. The van der Waals surface area contributed by atoms with E-state index in [1.807, 2.05) is 24.5 Å². The maximum absolute atomic E-state index is 5.94. The van der Waals surface area contributed by atoms with Crippen molar-refractivity contribution in [3.8, 4) is 23.9 Å². The number of nitrogens with zero attached hydrogens (tertiary/aromatic N) is 4. The minimum atomic E-state index is 0.373. The second-order valence-electron chi connectivity index (χ2n) is 5.51. The quantitative estimate of drug-likeness (QED) is 0.358. The van der Waals surface area contributed by atoms with Crippen LogP contribution in [-0.2, 0) is 6.54 Å². The molecule has 0 saturated heterocycles. The summed E-state index contributed by atoms with van der Waals surface area (Å²) in [6.45, 7) is 12.6. The average molecular weight is 339 g/mol. The third-order valence-electron chi connectivity index (χ3n) is 3.31. The molecule has 0 saturated carbocycles. The normalized spacial score (nSPS) is 11.5. The molecule has 2 heterocycles. The summed E-state index contributed by atoms with van der Waals surface area (Å²) in [7, 11) is 0. The van der Waals surface area contributed by atoms with Crippen molar-refractivity contribution in [2.75, 3.05) is 5.73 Å². The van der Waals surface area contributed by atoms with Gasteiger partial charge in [0.15, 0.2) is 22.5 Å². The van der Waals surface area contributed by atoms with E-state index < -0.39 is 0 Å². The van der Waals surface area contributed by atoms with Gasteiger partial charge in [-0.2, -0.15) is 0 Å². The number of aromatic nitrogens is 4. The molecule has 0 aliphatic carbocycles. The first-order valence-corrected chi connectivity index (χ1v) is 8.36. The molecule has 0 amide bonds. The van der Waals surface area contributed by atoms with Crippen LogP contribution in [0.1, 0.15) is 26.7 Å². The minimum absolute atomic E-state index is 0.373. The summed E-state index contributed by atoms with van der Waals surface area (Å²) in [5.41, 5.74) is 8.55. The summed E-state index contributed by atoms with van der Waals surface area (Å²) in [5, 5.41) is 0.606. The van der Waals surface area contributed by atoms with Crippen molar-refractivity contribution in [3.63, 3.8) is 0 Å². The molecule has 2 aliphatic rings. The van der Waals surface area contributed by atoms with Gasteiger partial charge in [0.25, 0.3) is 0 Å². The molecule has 0 bridgehead atoms. The van der Waals surface area contributed by atoms with Crippen molar-refractivity contribution < 1.29 is 0 Å². The van der Waals surface area contributed by atoms with Crippen LogP contribution in [0.25, 0.3) is 11.5 Å². The highest BCUT2D eigenvalue weighted by Gasteiger charge is 2.19. The summed E-state index contributed by atoms with van der Waals surface area (Å²) in [6.07, 6.45) is 10.5. The minimum Gasteiger partial charge on any atom is -0.382 e. The fraction of sp³-hybridized carbons (Fsp3) is 0.278. The van der Waals surface area contributed by atoms with Gasteiger partial charge in [0.1, 0.15) is 0 Å². The van der Waals surface area contributed by atoms with Gasteiger partial charge in [-0.05, 0) is 25.8 Å². The van der Waals surface area contributed by atoms with Gasteiger partial charge in [0.05, 0.1) is 6.33 Å². The number of nitrogens with two attached hydrogens (primary N) is 1. The standard InChI is InChI=1S/C18H21N5S/c1-6-7-8-9-23-11-20-16(19)15-17(23)22-18(21-15)24-14(5)13(4)10-12(2)3/h1,10-11H,2,5,7-9,19H2,3-4H3/b13-10-. The van der Waals surface area contributed by atoms with E-state index in [9.17, 15) is 0 Å². The lowest BCUT2D eigenvalue weighted by atomic mass is 10.2. The van der Waals surface area contributed by atoms with Gasteiger partial charge in [-0.1, -0.05) is 36.6 Å². The van der Waals surface area contributed by atoms with Crippen LogP contribution in [0.4, 0.5) is 5.82 Å². The van der Waals surface area contributed by atoms with Crippen molar-refractivity contribution in [2.45, 2.75) is 38.4 Å². The highest BCUT2D eigenvalue weighted by Crippen LogP contribution is 2.33. The van der Waals surface area contributed by atoms with Gasteiger partial charge >= 0.3 is 0 Å². The third kappa shape index (κ3) is 4.27. The van der Waals surface area contributed by atoms with Crippen molar-refractivity contribution in [2.24, 2.45) is 0 Å². The van der Waals surface area contributed by atoms with E-state index in [2.05, 4.69) is 34.0 Å². The molecule has 0 aromatic heterocycles. The summed E-state index contributed by atoms with van der Waals surface area (Å²) < 4.78 is 1.93. The molecule has 2 aliphatic heterocycles. The summed E-state index contributed by atoms with van der Waals surface area (Å²) >= 11 is 1.41. The third-order valence-corrected chi connectivity index (χ3v) is 4.24. The topological polar surface area (TPSA) is 69.6 Å². The molecule has 0 atom stereocenters. The molecule has 0 spiro atoms. The number of imidazole rings is 1. The second-order valence-corrected chi connectivity index (χ2v) is 6.57. The van der Waals surface area contributed by atoms with Crippen LogP contribution >= 0.6 is 11.8 Å². The number of aryl methyl sites for hydroxylation is 1. The Balaban J connectivity index is 2.27. The number of rotatable bonds is 7.